The molecule has 3 heterocycles. The van der Waals surface area contributed by atoms with Crippen LogP contribution in [0.2, 0.25) is 0 Å². The van der Waals surface area contributed by atoms with E-state index in [-0.39, 0.29) is 17.6 Å². The molecular formula is C28H36N8O3. The van der Waals surface area contributed by atoms with Crippen LogP contribution >= 0.6 is 0 Å². The van der Waals surface area contributed by atoms with Crippen LogP contribution in [0.3, 0.4) is 0 Å². The maximum atomic E-state index is 13.1. The first kappa shape index (κ1) is 26.8. The Kier molecular flexibility index (Phi) is 7.89. The quantitative estimate of drug-likeness (QED) is 0.346. The van der Waals surface area contributed by atoms with Crippen molar-refractivity contribution in [2.75, 3.05) is 30.3 Å². The number of nitrogens with two attached hydrogens (primary N) is 2. The zero-order valence-electron chi connectivity index (χ0n) is 22.5. The van der Waals surface area contributed by atoms with Crippen LogP contribution in [0, 0.1) is 5.92 Å². The van der Waals surface area contributed by atoms with Crippen molar-refractivity contribution in [3.8, 4) is 22.7 Å². The number of ether oxygens (including phenoxy) is 1. The molecule has 1 aliphatic heterocycles. The molecule has 2 aromatic heterocycles. The smallest absolute Gasteiger partial charge is 0.328 e. The summed E-state index contributed by atoms with van der Waals surface area (Å²) in [7, 11) is 0. The molecule has 0 spiro atoms. The lowest BCUT2D eigenvalue weighted by molar-refractivity contribution is -0.136. The van der Waals surface area contributed by atoms with Gasteiger partial charge in [0.15, 0.2) is 5.82 Å². The number of para-hydroxylation sites is 1. The third-order valence-electron chi connectivity index (χ3n) is 7.63. The highest BCUT2D eigenvalue weighted by Gasteiger charge is 2.31. The fraction of sp³-hybridized carbons (Fsp3) is 0.464. The molecule has 1 unspecified atom stereocenters. The number of rotatable bonds is 7. The van der Waals surface area contributed by atoms with Crippen LogP contribution in [0.1, 0.15) is 46.0 Å². The van der Waals surface area contributed by atoms with Crippen molar-refractivity contribution >= 4 is 23.4 Å². The highest BCUT2D eigenvalue weighted by atomic mass is 16.5. The molecule has 1 aliphatic carbocycles. The summed E-state index contributed by atoms with van der Waals surface area (Å²) in [6.45, 7) is 5.61. The van der Waals surface area contributed by atoms with Gasteiger partial charge in [-0.3, -0.25) is 9.69 Å². The van der Waals surface area contributed by atoms with Crippen molar-refractivity contribution in [3.05, 3.63) is 42.7 Å². The lowest BCUT2D eigenvalue weighted by Gasteiger charge is -2.39. The number of amides is 1. The molecule has 1 saturated carbocycles. The molecule has 39 heavy (non-hydrogen) atoms. The molecule has 0 radical (unpaired) electrons. The third kappa shape index (κ3) is 5.79. The molecule has 1 saturated heterocycles. The number of esters is 1. The second kappa shape index (κ2) is 11.5. The zero-order valence-corrected chi connectivity index (χ0v) is 22.5. The van der Waals surface area contributed by atoms with Gasteiger partial charge < -0.3 is 21.1 Å². The maximum Gasteiger partial charge on any atom is 0.328 e. The van der Waals surface area contributed by atoms with Crippen LogP contribution in [-0.2, 0) is 9.59 Å². The normalized spacial score (nSPS) is 17.9. The Labute approximate surface area is 228 Å². The van der Waals surface area contributed by atoms with E-state index in [1.54, 1.807) is 46.2 Å². The highest BCUT2D eigenvalue weighted by molar-refractivity contribution is 5.95. The number of benzene rings is 1. The number of anilines is 2. The number of piperazine rings is 1. The van der Waals surface area contributed by atoms with Crippen molar-refractivity contribution in [1.82, 2.24) is 24.9 Å². The largest absolute Gasteiger partial charge is 0.425 e. The number of carbonyl (C=O) groups excluding carboxylic acids is 2. The molecule has 1 aromatic carbocycles. The summed E-state index contributed by atoms with van der Waals surface area (Å²) in [5.41, 5.74) is 14.4. The summed E-state index contributed by atoms with van der Waals surface area (Å²) < 4.78 is 7.20. The van der Waals surface area contributed by atoms with Gasteiger partial charge >= 0.3 is 5.97 Å². The molecule has 206 valence electrons. The molecule has 0 bridgehead atoms. The molecule has 2 aliphatic rings. The average molecular weight is 533 g/mol. The molecule has 1 amide bonds. The van der Waals surface area contributed by atoms with Crippen molar-refractivity contribution in [2.45, 2.75) is 58.0 Å². The Bertz CT molecular complexity index is 1330. The van der Waals surface area contributed by atoms with Crippen molar-refractivity contribution < 1.29 is 14.3 Å². The predicted octanol–water partition coefficient (Wildman–Crippen LogP) is 2.78. The van der Waals surface area contributed by atoms with Crippen LogP contribution < -0.4 is 21.1 Å². The van der Waals surface area contributed by atoms with Gasteiger partial charge in [-0.1, -0.05) is 45.2 Å². The zero-order chi connectivity index (χ0) is 27.5. The van der Waals surface area contributed by atoms with Crippen molar-refractivity contribution in [2.24, 2.45) is 11.7 Å². The van der Waals surface area contributed by atoms with Gasteiger partial charge in [0, 0.05) is 24.7 Å². The van der Waals surface area contributed by atoms with E-state index in [0.29, 0.717) is 47.5 Å². The van der Waals surface area contributed by atoms with E-state index in [1.165, 1.54) is 32.1 Å². The summed E-state index contributed by atoms with van der Waals surface area (Å²) in [5, 5.41) is 12.8. The van der Waals surface area contributed by atoms with Gasteiger partial charge in [0.25, 0.3) is 0 Å². The van der Waals surface area contributed by atoms with Gasteiger partial charge in [-0.15, -0.1) is 10.2 Å². The first-order chi connectivity index (χ1) is 18.8. The minimum atomic E-state index is -0.749. The minimum Gasteiger partial charge on any atom is -0.425 e. The predicted molar refractivity (Wildman–Crippen MR) is 148 cm³/mol. The second-order valence-corrected chi connectivity index (χ2v) is 10.6. The summed E-state index contributed by atoms with van der Waals surface area (Å²) >= 11 is 0. The summed E-state index contributed by atoms with van der Waals surface area (Å²) in [4.78, 5) is 29.7. The topological polar surface area (TPSA) is 145 Å². The van der Waals surface area contributed by atoms with Crippen LogP contribution in [-0.4, -0.2) is 68.5 Å². The maximum absolute atomic E-state index is 13.1. The molecule has 11 heteroatoms. The van der Waals surface area contributed by atoms with Gasteiger partial charge in [0.1, 0.15) is 17.5 Å². The van der Waals surface area contributed by atoms with E-state index >= 15 is 0 Å². The number of nitrogen functional groups attached to an aromatic ring is 1. The fourth-order valence-electron chi connectivity index (χ4n) is 5.23. The summed E-state index contributed by atoms with van der Waals surface area (Å²) in [5.74, 6) is -0.0117. The first-order valence-corrected chi connectivity index (χ1v) is 13.6. The van der Waals surface area contributed by atoms with Gasteiger partial charge in [-0.25, -0.2) is 9.48 Å². The number of hydrogen-bond acceptors (Lipinski definition) is 9. The van der Waals surface area contributed by atoms with E-state index in [2.05, 4.69) is 20.2 Å². The second-order valence-electron chi connectivity index (χ2n) is 10.6. The standard InChI is InChI=1S/C28H36N8O3/c1-18(2)26(29)28(38)39-24-11-7-6-10-21(24)22-14-23(27(30)33-32-22)36-16-20(15-31-36)35-13-12-34(17-25(35)37)19-8-4-3-5-9-19/h6-7,10-11,14-16,18-19,26H,3-5,8-9,12-13,17,29H2,1-2H3,(H2,30,33). The number of hydrogen-bond donors (Lipinski definition) is 2. The molecule has 5 rings (SSSR count). The molecule has 4 N–H and O–H groups in total. The number of nitrogens with zero attached hydrogens (tertiary/aromatic N) is 6. The molecule has 2 fully saturated rings. The highest BCUT2D eigenvalue weighted by Crippen LogP contribution is 2.31. The lowest BCUT2D eigenvalue weighted by Crippen LogP contribution is -2.54. The average Bonchev–Trinajstić information content (AvgIpc) is 3.43. The van der Waals surface area contributed by atoms with Crippen LogP contribution in [0.25, 0.3) is 16.9 Å². The monoisotopic (exact) mass is 532 g/mol. The Morgan fingerprint density at radius 3 is 2.62 bits per heavy atom. The van der Waals surface area contributed by atoms with Crippen molar-refractivity contribution in [1.29, 1.82) is 0 Å². The molecule has 3 aromatic rings. The minimum absolute atomic E-state index is 0.0660. The molecule has 11 nitrogen and oxygen atoms in total. The Hall–Kier alpha value is -3.83. The fourth-order valence-corrected chi connectivity index (χ4v) is 5.23. The summed E-state index contributed by atoms with van der Waals surface area (Å²) in [6.07, 6.45) is 9.57. The van der Waals surface area contributed by atoms with Gasteiger partial charge in [-0.05, 0) is 37.0 Å². The van der Waals surface area contributed by atoms with Gasteiger partial charge in [0.2, 0.25) is 5.91 Å². The Morgan fingerprint density at radius 2 is 1.87 bits per heavy atom. The lowest BCUT2D eigenvalue weighted by atomic mass is 9.94. The van der Waals surface area contributed by atoms with E-state index < -0.39 is 12.0 Å². The van der Waals surface area contributed by atoms with Crippen LogP contribution in [0.4, 0.5) is 11.5 Å². The SMILES string of the molecule is CC(C)C(N)C(=O)Oc1ccccc1-c1cc(-n2cc(N3CCN(C4CCCCC4)CC3=O)cn2)c(N)nn1. The van der Waals surface area contributed by atoms with Crippen LogP contribution in [0.5, 0.6) is 5.75 Å². The molecule has 1 atom stereocenters. The molecular weight excluding hydrogens is 496 g/mol. The Morgan fingerprint density at radius 1 is 1.10 bits per heavy atom. The van der Waals surface area contributed by atoms with Crippen LogP contribution in [0.15, 0.2) is 42.7 Å². The number of carbonyl (C=O) groups is 2. The van der Waals surface area contributed by atoms with Gasteiger partial charge in [-0.2, -0.15) is 5.10 Å². The van der Waals surface area contributed by atoms with E-state index in [0.717, 1.165) is 6.54 Å². The Balaban J connectivity index is 1.35. The van der Waals surface area contributed by atoms with Gasteiger partial charge in [0.05, 0.1) is 30.3 Å². The van der Waals surface area contributed by atoms with Crippen molar-refractivity contribution in [3.63, 3.8) is 0 Å². The van der Waals surface area contributed by atoms with E-state index in [9.17, 15) is 9.59 Å². The third-order valence-corrected chi connectivity index (χ3v) is 7.63. The first-order valence-electron chi connectivity index (χ1n) is 13.6. The summed E-state index contributed by atoms with van der Waals surface area (Å²) in [6, 6.07) is 8.55. The van der Waals surface area contributed by atoms with E-state index in [1.807, 2.05) is 19.9 Å². The van der Waals surface area contributed by atoms with E-state index in [4.69, 9.17) is 16.2 Å². The number of aromatic nitrogens is 4.